The predicted molar refractivity (Wildman–Crippen MR) is 131 cm³/mol. The fourth-order valence-electron chi connectivity index (χ4n) is 3.38. The van der Waals surface area contributed by atoms with Gasteiger partial charge < -0.3 is 10.1 Å². The van der Waals surface area contributed by atoms with Crippen molar-refractivity contribution in [3.63, 3.8) is 0 Å². The third-order valence-corrected chi connectivity index (χ3v) is 4.96. The van der Waals surface area contributed by atoms with Gasteiger partial charge in [-0.3, -0.25) is 14.5 Å². The smallest absolute Gasteiger partial charge is 0.232 e. The van der Waals surface area contributed by atoms with Crippen molar-refractivity contribution in [1.82, 2.24) is 0 Å². The zero-order chi connectivity index (χ0) is 22.9. The molecule has 164 valence electrons. The Hall–Kier alpha value is -4.38. The Morgan fingerprint density at radius 2 is 1.09 bits per heavy atom. The summed E-state index contributed by atoms with van der Waals surface area (Å²) in [6.45, 7) is 0. The fourth-order valence-corrected chi connectivity index (χ4v) is 3.38. The van der Waals surface area contributed by atoms with Crippen LogP contribution in [0.2, 0.25) is 0 Å². The third-order valence-electron chi connectivity index (χ3n) is 4.96. The molecule has 4 rings (SSSR count). The minimum absolute atomic E-state index is 0.0806. The number of rotatable bonds is 8. The molecule has 0 unspecified atom stereocenters. The molecule has 33 heavy (non-hydrogen) atoms. The van der Waals surface area contributed by atoms with Crippen LogP contribution in [0.15, 0.2) is 115 Å². The second-order valence-corrected chi connectivity index (χ2v) is 7.39. The molecule has 0 saturated heterocycles. The number of para-hydroxylation sites is 3. The number of hydrogen-bond acceptors (Lipinski definition) is 3. The van der Waals surface area contributed by atoms with Crippen LogP contribution >= 0.6 is 0 Å². The summed E-state index contributed by atoms with van der Waals surface area (Å²) in [7, 11) is 0. The second kappa shape index (κ2) is 10.8. The first-order valence-electron chi connectivity index (χ1n) is 10.7. The van der Waals surface area contributed by atoms with E-state index in [2.05, 4.69) is 5.32 Å². The summed E-state index contributed by atoms with van der Waals surface area (Å²) in [6.07, 6.45) is 0.169. The van der Waals surface area contributed by atoms with Gasteiger partial charge in [-0.1, -0.05) is 54.6 Å². The fraction of sp³-hybridized carbons (Fsp3) is 0.0714. The van der Waals surface area contributed by atoms with Gasteiger partial charge in [0, 0.05) is 29.9 Å². The van der Waals surface area contributed by atoms with E-state index >= 15 is 0 Å². The van der Waals surface area contributed by atoms with Crippen LogP contribution in [0.1, 0.15) is 12.8 Å². The number of carbonyl (C=O) groups excluding carboxylic acids is 2. The Morgan fingerprint density at radius 1 is 0.606 bits per heavy atom. The molecule has 0 radical (unpaired) electrons. The topological polar surface area (TPSA) is 58.6 Å². The SMILES string of the molecule is O=C(CCC(=O)N(c1ccccc1)c1ccccc1)Nc1ccc(Oc2ccccc2)cc1. The molecule has 4 aromatic carbocycles. The van der Waals surface area contributed by atoms with E-state index in [0.29, 0.717) is 11.4 Å². The maximum Gasteiger partial charge on any atom is 0.232 e. The number of carbonyl (C=O) groups is 2. The Balaban J connectivity index is 1.35. The maximum absolute atomic E-state index is 13.0. The molecule has 0 aliphatic heterocycles. The molecule has 5 nitrogen and oxygen atoms in total. The van der Waals surface area contributed by atoms with E-state index in [4.69, 9.17) is 4.74 Å². The van der Waals surface area contributed by atoms with Gasteiger partial charge in [-0.25, -0.2) is 0 Å². The van der Waals surface area contributed by atoms with E-state index in [-0.39, 0.29) is 24.7 Å². The van der Waals surface area contributed by atoms with Crippen LogP contribution in [-0.2, 0) is 9.59 Å². The van der Waals surface area contributed by atoms with Crippen LogP contribution in [0, 0.1) is 0 Å². The van der Waals surface area contributed by atoms with Gasteiger partial charge in [-0.05, 0) is 60.7 Å². The van der Waals surface area contributed by atoms with Crippen LogP contribution in [0.25, 0.3) is 0 Å². The first-order valence-corrected chi connectivity index (χ1v) is 10.7. The van der Waals surface area contributed by atoms with Crippen LogP contribution in [0.4, 0.5) is 17.1 Å². The lowest BCUT2D eigenvalue weighted by molar-refractivity contribution is -0.122. The van der Waals surface area contributed by atoms with Gasteiger partial charge in [-0.15, -0.1) is 0 Å². The van der Waals surface area contributed by atoms with E-state index in [1.165, 1.54) is 0 Å². The lowest BCUT2D eigenvalue weighted by Crippen LogP contribution is -2.27. The molecular weight excluding hydrogens is 412 g/mol. The van der Waals surface area contributed by atoms with Crippen LogP contribution in [0.5, 0.6) is 11.5 Å². The molecule has 0 spiro atoms. The molecule has 0 aliphatic rings. The number of nitrogens with zero attached hydrogens (tertiary/aromatic N) is 1. The van der Waals surface area contributed by atoms with Gasteiger partial charge in [0.1, 0.15) is 11.5 Å². The minimum atomic E-state index is -0.221. The highest BCUT2D eigenvalue weighted by molar-refractivity contribution is 6.02. The maximum atomic E-state index is 13.0. The quantitative estimate of drug-likeness (QED) is 0.340. The van der Waals surface area contributed by atoms with Crippen molar-refractivity contribution >= 4 is 28.9 Å². The lowest BCUT2D eigenvalue weighted by Gasteiger charge is -2.23. The number of ether oxygens (including phenoxy) is 1. The molecule has 2 amide bonds. The minimum Gasteiger partial charge on any atom is -0.457 e. The highest BCUT2D eigenvalue weighted by Crippen LogP contribution is 2.26. The highest BCUT2D eigenvalue weighted by Gasteiger charge is 2.18. The van der Waals surface area contributed by atoms with Gasteiger partial charge in [0.15, 0.2) is 0 Å². The van der Waals surface area contributed by atoms with E-state index in [1.54, 1.807) is 29.2 Å². The Labute approximate surface area is 193 Å². The highest BCUT2D eigenvalue weighted by atomic mass is 16.5. The van der Waals surface area contributed by atoms with Gasteiger partial charge in [-0.2, -0.15) is 0 Å². The van der Waals surface area contributed by atoms with E-state index < -0.39 is 0 Å². The zero-order valence-corrected chi connectivity index (χ0v) is 18.1. The molecule has 0 atom stereocenters. The number of anilines is 3. The van der Waals surface area contributed by atoms with Gasteiger partial charge in [0.05, 0.1) is 0 Å². The van der Waals surface area contributed by atoms with Crippen LogP contribution in [-0.4, -0.2) is 11.8 Å². The Kier molecular flexibility index (Phi) is 7.13. The first kappa shape index (κ1) is 21.8. The molecule has 0 heterocycles. The summed E-state index contributed by atoms with van der Waals surface area (Å²) in [5.41, 5.74) is 2.18. The van der Waals surface area contributed by atoms with Crippen molar-refractivity contribution in [3.05, 3.63) is 115 Å². The van der Waals surface area contributed by atoms with Crippen LogP contribution in [0.3, 0.4) is 0 Å². The summed E-state index contributed by atoms with van der Waals surface area (Å²) < 4.78 is 5.76. The number of hydrogen-bond donors (Lipinski definition) is 1. The molecule has 0 aromatic heterocycles. The van der Waals surface area contributed by atoms with E-state index in [0.717, 1.165) is 17.1 Å². The Bertz CT molecular complexity index is 1140. The van der Waals surface area contributed by atoms with Crippen molar-refractivity contribution in [2.75, 3.05) is 10.2 Å². The number of amides is 2. The van der Waals surface area contributed by atoms with Crippen molar-refractivity contribution in [1.29, 1.82) is 0 Å². The summed E-state index contributed by atoms with van der Waals surface area (Å²) in [4.78, 5) is 27.2. The number of benzene rings is 4. The average Bonchev–Trinajstić information content (AvgIpc) is 2.86. The Morgan fingerprint density at radius 3 is 1.64 bits per heavy atom. The summed E-state index contributed by atoms with van der Waals surface area (Å²) in [5, 5.41) is 2.84. The number of nitrogens with one attached hydrogen (secondary N) is 1. The molecule has 4 aromatic rings. The molecule has 1 N–H and O–H groups in total. The first-order chi connectivity index (χ1) is 16.2. The van der Waals surface area contributed by atoms with Crippen molar-refractivity contribution in [3.8, 4) is 11.5 Å². The van der Waals surface area contributed by atoms with Crippen LogP contribution < -0.4 is 15.0 Å². The van der Waals surface area contributed by atoms with E-state index in [1.807, 2.05) is 91.0 Å². The summed E-state index contributed by atoms with van der Waals surface area (Å²) in [6, 6.07) is 35.5. The normalized spacial score (nSPS) is 10.3. The predicted octanol–water partition coefficient (Wildman–Crippen LogP) is 6.56. The third kappa shape index (κ3) is 6.08. The average molecular weight is 437 g/mol. The zero-order valence-electron chi connectivity index (χ0n) is 18.1. The largest absolute Gasteiger partial charge is 0.457 e. The van der Waals surface area contributed by atoms with Gasteiger partial charge >= 0.3 is 0 Å². The lowest BCUT2D eigenvalue weighted by atomic mass is 10.2. The van der Waals surface area contributed by atoms with E-state index in [9.17, 15) is 9.59 Å². The standard InChI is InChI=1S/C28H24N2O3/c31-27(29-22-16-18-26(19-17-22)33-25-14-8-3-9-15-25)20-21-28(32)30(23-10-4-1-5-11-23)24-12-6-2-7-13-24/h1-19H,20-21H2,(H,29,31). The van der Waals surface area contributed by atoms with Crippen molar-refractivity contribution < 1.29 is 14.3 Å². The van der Waals surface area contributed by atoms with Crippen molar-refractivity contribution in [2.45, 2.75) is 12.8 Å². The molecule has 0 bridgehead atoms. The molecule has 5 heteroatoms. The van der Waals surface area contributed by atoms with Crippen molar-refractivity contribution in [2.24, 2.45) is 0 Å². The van der Waals surface area contributed by atoms with Gasteiger partial charge in [0.25, 0.3) is 0 Å². The monoisotopic (exact) mass is 436 g/mol. The summed E-state index contributed by atoms with van der Waals surface area (Å²) >= 11 is 0. The summed E-state index contributed by atoms with van der Waals surface area (Å²) in [5.74, 6) is 1.06. The molecular formula is C28H24N2O3. The van der Waals surface area contributed by atoms with Gasteiger partial charge in [0.2, 0.25) is 11.8 Å². The molecule has 0 saturated carbocycles. The second-order valence-electron chi connectivity index (χ2n) is 7.39. The molecule has 0 aliphatic carbocycles. The molecule has 0 fully saturated rings.